The first-order valence-electron chi connectivity index (χ1n) is 9.28. The van der Waals surface area contributed by atoms with Gasteiger partial charge < -0.3 is 9.47 Å². The fraction of sp³-hybridized carbons (Fsp3) is 0.474. The Labute approximate surface area is 162 Å². The zero-order valence-electron chi connectivity index (χ0n) is 15.8. The van der Waals surface area contributed by atoms with E-state index in [9.17, 15) is 9.59 Å². The molecule has 1 aromatic rings. The van der Waals surface area contributed by atoms with Gasteiger partial charge in [0.15, 0.2) is 11.5 Å². The van der Waals surface area contributed by atoms with Crippen molar-refractivity contribution in [2.75, 3.05) is 19.6 Å². The summed E-state index contributed by atoms with van der Waals surface area (Å²) >= 11 is 6.19. The zero-order valence-corrected chi connectivity index (χ0v) is 16.6. The summed E-state index contributed by atoms with van der Waals surface area (Å²) in [6.07, 6.45) is 1.87. The summed E-state index contributed by atoms with van der Waals surface area (Å²) in [5, 5.41) is 0.569. The van der Waals surface area contributed by atoms with Crippen LogP contribution >= 0.6 is 11.6 Å². The van der Waals surface area contributed by atoms with E-state index >= 15 is 0 Å². The van der Waals surface area contributed by atoms with Crippen molar-refractivity contribution in [3.8, 4) is 11.5 Å². The van der Waals surface area contributed by atoms with Crippen LogP contribution in [-0.4, -0.2) is 44.1 Å². The maximum Gasteiger partial charge on any atom is 0.349 e. The van der Waals surface area contributed by atoms with Gasteiger partial charge in [-0.3, -0.25) is 9.78 Å². The summed E-state index contributed by atoms with van der Waals surface area (Å²) < 4.78 is 1.92. The van der Waals surface area contributed by atoms with Gasteiger partial charge in [0.1, 0.15) is 0 Å². The lowest BCUT2D eigenvalue weighted by Crippen LogP contribution is -2.30. The molecule has 2 heterocycles. The first kappa shape index (κ1) is 19.5. The van der Waals surface area contributed by atoms with Crippen LogP contribution in [0.1, 0.15) is 39.7 Å². The Kier molecular flexibility index (Phi) is 5.92. The average molecular weight is 390 g/mol. The molecule has 0 saturated carbocycles. The third kappa shape index (κ3) is 4.04. The molecule has 0 spiro atoms. The van der Waals surface area contributed by atoms with E-state index in [-0.39, 0.29) is 11.7 Å². The number of rotatable bonds is 7. The molecule has 0 bridgehead atoms. The van der Waals surface area contributed by atoms with Crippen LogP contribution in [-0.2, 0) is 0 Å². The van der Waals surface area contributed by atoms with Crippen molar-refractivity contribution >= 4 is 22.6 Å². The normalized spacial score (nSPS) is 12.9. The summed E-state index contributed by atoms with van der Waals surface area (Å²) in [7, 11) is 0. The fourth-order valence-electron chi connectivity index (χ4n) is 3.45. The van der Waals surface area contributed by atoms with E-state index in [0.29, 0.717) is 16.4 Å². The second kappa shape index (κ2) is 8.19. The van der Waals surface area contributed by atoms with Gasteiger partial charge in [0, 0.05) is 11.1 Å². The number of hydrogen-bond acceptors (Lipinski definition) is 5. The molecule has 1 N–H and O–H groups in total. The van der Waals surface area contributed by atoms with Gasteiger partial charge in [-0.05, 0) is 57.6 Å². The molecular weight excluding hydrogens is 366 g/mol. The number of aromatic nitrogens is 4. The Balaban J connectivity index is 2.09. The predicted molar refractivity (Wildman–Crippen MR) is 108 cm³/mol. The Hall–Kier alpha value is -2.25. The van der Waals surface area contributed by atoms with Crippen LogP contribution in [0.4, 0.5) is 0 Å². The van der Waals surface area contributed by atoms with E-state index < -0.39 is 11.2 Å². The van der Waals surface area contributed by atoms with Gasteiger partial charge in [-0.1, -0.05) is 25.4 Å². The van der Waals surface area contributed by atoms with Crippen molar-refractivity contribution in [2.45, 2.75) is 39.7 Å². The lowest BCUT2D eigenvalue weighted by Gasteiger charge is -2.24. The predicted octanol–water partition coefficient (Wildman–Crippen LogP) is 2.92. The minimum absolute atomic E-state index is 0.0285. The Morgan fingerprint density at radius 1 is 1.22 bits per heavy atom. The topological polar surface area (TPSA) is 83.9 Å². The third-order valence-corrected chi connectivity index (χ3v) is 5.18. The van der Waals surface area contributed by atoms with Gasteiger partial charge in [0.25, 0.3) is 5.56 Å². The maximum atomic E-state index is 12.3. The van der Waals surface area contributed by atoms with Crippen molar-refractivity contribution in [1.82, 2.24) is 24.4 Å². The van der Waals surface area contributed by atoms with Crippen LogP contribution in [0.5, 0.6) is 0 Å². The summed E-state index contributed by atoms with van der Waals surface area (Å²) in [5.41, 5.74) is 0.391. The summed E-state index contributed by atoms with van der Waals surface area (Å²) in [4.78, 5) is 37.1. The molecule has 0 fully saturated rings. The number of H-pyrrole nitrogens is 1. The number of nitrogens with zero attached hydrogens (tertiary/aromatic N) is 4. The lowest BCUT2D eigenvalue weighted by atomic mass is 10.1. The Morgan fingerprint density at radius 3 is 2.67 bits per heavy atom. The van der Waals surface area contributed by atoms with Gasteiger partial charge in [-0.15, -0.1) is 0 Å². The van der Waals surface area contributed by atoms with Gasteiger partial charge in [0.05, 0.1) is 11.0 Å². The van der Waals surface area contributed by atoms with Crippen LogP contribution in [0.3, 0.4) is 0 Å². The smallest absolute Gasteiger partial charge is 0.319 e. The molecule has 2 aliphatic heterocycles. The van der Waals surface area contributed by atoms with Crippen molar-refractivity contribution in [3.05, 3.63) is 44.1 Å². The first-order valence-corrected chi connectivity index (χ1v) is 9.66. The Bertz CT molecular complexity index is 1020. The highest BCUT2D eigenvalue weighted by molar-refractivity contribution is 6.31. The average Bonchev–Trinajstić information content (AvgIpc) is 2.63. The lowest BCUT2D eigenvalue weighted by molar-refractivity contribution is 0.289. The Morgan fingerprint density at radius 2 is 1.96 bits per heavy atom. The molecule has 3 rings (SSSR count). The highest BCUT2D eigenvalue weighted by Gasteiger charge is 2.21. The molecule has 7 nitrogen and oxygen atoms in total. The molecular formula is C19H24ClN5O2. The number of nitrogens with one attached hydrogen (secondary N) is 1. The highest BCUT2D eigenvalue weighted by atomic mass is 35.5. The maximum absolute atomic E-state index is 12.3. The molecule has 27 heavy (non-hydrogen) atoms. The largest absolute Gasteiger partial charge is 0.349 e. The number of aromatic amines is 1. The van der Waals surface area contributed by atoms with E-state index in [1.54, 1.807) is 18.2 Å². The molecule has 2 aliphatic rings. The van der Waals surface area contributed by atoms with Gasteiger partial charge in [-0.25, -0.2) is 9.78 Å². The highest BCUT2D eigenvalue weighted by Crippen LogP contribution is 2.28. The number of hydrogen-bond donors (Lipinski definition) is 1. The molecule has 8 heteroatoms. The summed E-state index contributed by atoms with van der Waals surface area (Å²) in [5.74, 6) is 0.300. The van der Waals surface area contributed by atoms with Crippen molar-refractivity contribution in [2.24, 2.45) is 0 Å². The van der Waals surface area contributed by atoms with Crippen LogP contribution in [0.2, 0.25) is 5.02 Å². The van der Waals surface area contributed by atoms with Crippen LogP contribution in [0.15, 0.2) is 27.8 Å². The van der Waals surface area contributed by atoms with E-state index in [1.165, 1.54) is 0 Å². The molecule has 1 unspecified atom stereocenters. The SMILES string of the molecule is CCN(CC)CCCC(C)n1c2nc(=O)[nH]c(=O)c-2nc2ccc(Cl)cc21. The first-order chi connectivity index (χ1) is 12.9. The number of halogens is 1. The van der Waals surface area contributed by atoms with Crippen molar-refractivity contribution in [3.63, 3.8) is 0 Å². The molecule has 0 radical (unpaired) electrons. The van der Waals surface area contributed by atoms with Crippen LogP contribution < -0.4 is 11.2 Å². The minimum atomic E-state index is -0.667. The van der Waals surface area contributed by atoms with Crippen molar-refractivity contribution < 1.29 is 0 Å². The van der Waals surface area contributed by atoms with Gasteiger partial charge >= 0.3 is 5.69 Å². The molecule has 0 aromatic heterocycles. The molecule has 0 amide bonds. The second-order valence-corrected chi connectivity index (χ2v) is 7.11. The molecule has 144 valence electrons. The monoisotopic (exact) mass is 389 g/mol. The second-order valence-electron chi connectivity index (χ2n) is 6.68. The van der Waals surface area contributed by atoms with Gasteiger partial charge in [0.2, 0.25) is 0 Å². The van der Waals surface area contributed by atoms with E-state index in [2.05, 4.69) is 40.6 Å². The summed E-state index contributed by atoms with van der Waals surface area (Å²) in [6.45, 7) is 9.41. The minimum Gasteiger partial charge on any atom is -0.319 e. The molecule has 1 aromatic carbocycles. The molecule has 1 atom stereocenters. The van der Waals surface area contributed by atoms with Crippen LogP contribution in [0.25, 0.3) is 22.6 Å². The van der Waals surface area contributed by atoms with E-state index in [0.717, 1.165) is 38.0 Å². The molecule has 0 aliphatic carbocycles. The van der Waals surface area contributed by atoms with E-state index in [4.69, 9.17) is 11.6 Å². The molecule has 0 saturated heterocycles. The summed E-state index contributed by atoms with van der Waals surface area (Å²) in [6, 6.07) is 5.35. The number of benzene rings is 1. The van der Waals surface area contributed by atoms with Crippen LogP contribution in [0, 0.1) is 0 Å². The van der Waals surface area contributed by atoms with Gasteiger partial charge in [-0.2, -0.15) is 4.98 Å². The standard InChI is InChI=1S/C19H24ClN5O2/c1-4-24(5-2)10-6-7-12(3)25-15-11-13(20)8-9-14(15)21-16-17(25)22-19(27)23-18(16)26/h8-9,11-12H,4-7,10H2,1-3H3,(H,23,26,27). The quantitative estimate of drug-likeness (QED) is 0.628. The van der Waals surface area contributed by atoms with E-state index in [1.807, 2.05) is 4.57 Å². The fourth-order valence-corrected chi connectivity index (χ4v) is 3.61. The van der Waals surface area contributed by atoms with Crippen molar-refractivity contribution in [1.29, 1.82) is 0 Å². The third-order valence-electron chi connectivity index (χ3n) is 4.94. The number of fused-ring (bicyclic) bond motifs is 2. The zero-order chi connectivity index (χ0) is 19.6.